The molecule has 2 atom stereocenters. The fourth-order valence-corrected chi connectivity index (χ4v) is 3.13. The van der Waals surface area contributed by atoms with Crippen LogP contribution in [0, 0.1) is 5.92 Å². The molecule has 0 aromatic heterocycles. The molecule has 1 aromatic carbocycles. The first kappa shape index (κ1) is 15.5. The van der Waals surface area contributed by atoms with Crippen LogP contribution in [0.15, 0.2) is 30.3 Å². The lowest BCUT2D eigenvalue weighted by Gasteiger charge is -2.34. The monoisotopic (exact) mass is 276 g/mol. The summed E-state index contributed by atoms with van der Waals surface area (Å²) in [5.74, 6) is 0.500. The van der Waals surface area contributed by atoms with E-state index in [1.807, 2.05) is 14.0 Å². The van der Waals surface area contributed by atoms with Crippen LogP contribution in [0.25, 0.3) is 0 Å². The van der Waals surface area contributed by atoms with Gasteiger partial charge in [-0.25, -0.2) is 0 Å². The Morgan fingerprint density at radius 3 is 2.45 bits per heavy atom. The molecule has 3 heteroatoms. The Bertz CT molecular complexity index is 372. The molecule has 1 aromatic rings. The van der Waals surface area contributed by atoms with E-state index in [1.165, 1.54) is 5.56 Å². The highest BCUT2D eigenvalue weighted by molar-refractivity contribution is 5.18. The van der Waals surface area contributed by atoms with Crippen molar-refractivity contribution in [2.24, 2.45) is 5.92 Å². The van der Waals surface area contributed by atoms with Crippen LogP contribution in [0.2, 0.25) is 0 Å². The van der Waals surface area contributed by atoms with Gasteiger partial charge in [0.1, 0.15) is 0 Å². The van der Waals surface area contributed by atoms with Gasteiger partial charge < -0.3 is 15.3 Å². The Hall–Kier alpha value is -0.900. The molecule has 3 nitrogen and oxygen atoms in total. The number of nitrogens with one attached hydrogen (secondary N) is 1. The molecule has 2 unspecified atom stereocenters. The van der Waals surface area contributed by atoms with Crippen molar-refractivity contribution in [2.75, 3.05) is 26.7 Å². The first-order valence-electron chi connectivity index (χ1n) is 7.83. The van der Waals surface area contributed by atoms with E-state index in [4.69, 9.17) is 0 Å². The van der Waals surface area contributed by atoms with E-state index in [0.29, 0.717) is 12.0 Å². The topological polar surface area (TPSA) is 35.5 Å². The molecule has 0 saturated carbocycles. The Morgan fingerprint density at radius 1 is 1.25 bits per heavy atom. The van der Waals surface area contributed by atoms with Crippen molar-refractivity contribution >= 4 is 0 Å². The third kappa shape index (κ3) is 4.30. The van der Waals surface area contributed by atoms with Crippen LogP contribution in [0.1, 0.15) is 37.8 Å². The van der Waals surface area contributed by atoms with E-state index in [1.54, 1.807) is 0 Å². The summed E-state index contributed by atoms with van der Waals surface area (Å²) in [5.41, 5.74) is 1.37. The summed E-state index contributed by atoms with van der Waals surface area (Å²) in [6, 6.07) is 11.1. The Balaban J connectivity index is 1.77. The molecule has 2 N–H and O–H groups in total. The van der Waals surface area contributed by atoms with E-state index in [2.05, 4.69) is 40.5 Å². The van der Waals surface area contributed by atoms with E-state index < -0.39 is 0 Å². The van der Waals surface area contributed by atoms with Gasteiger partial charge in [-0.3, -0.25) is 0 Å². The molecule has 0 aliphatic carbocycles. The molecule has 0 spiro atoms. The van der Waals surface area contributed by atoms with Gasteiger partial charge >= 0.3 is 0 Å². The van der Waals surface area contributed by atoms with Crippen LogP contribution in [-0.4, -0.2) is 42.8 Å². The summed E-state index contributed by atoms with van der Waals surface area (Å²) in [6.45, 7) is 5.31. The van der Waals surface area contributed by atoms with Gasteiger partial charge in [0.05, 0.1) is 6.10 Å². The van der Waals surface area contributed by atoms with Gasteiger partial charge in [0.25, 0.3) is 0 Å². The van der Waals surface area contributed by atoms with Gasteiger partial charge in [0, 0.05) is 6.04 Å². The quantitative estimate of drug-likeness (QED) is 0.837. The third-order valence-corrected chi connectivity index (χ3v) is 4.60. The third-order valence-electron chi connectivity index (χ3n) is 4.60. The molecule has 2 rings (SSSR count). The average Bonchev–Trinajstić information content (AvgIpc) is 2.49. The molecule has 20 heavy (non-hydrogen) atoms. The van der Waals surface area contributed by atoms with Crippen LogP contribution >= 0.6 is 0 Å². The molecule has 0 radical (unpaired) electrons. The molecule has 0 bridgehead atoms. The van der Waals surface area contributed by atoms with Crippen LogP contribution in [0.4, 0.5) is 0 Å². The van der Waals surface area contributed by atoms with Crippen molar-refractivity contribution in [2.45, 2.75) is 38.3 Å². The minimum atomic E-state index is -0.147. The number of hydrogen-bond donors (Lipinski definition) is 2. The number of piperidine rings is 1. The predicted octanol–water partition coefficient (Wildman–Crippen LogP) is 2.43. The molecule has 1 heterocycles. The van der Waals surface area contributed by atoms with E-state index >= 15 is 0 Å². The van der Waals surface area contributed by atoms with Crippen LogP contribution in [-0.2, 0) is 0 Å². The maximum absolute atomic E-state index is 9.64. The van der Waals surface area contributed by atoms with E-state index in [-0.39, 0.29) is 6.10 Å². The molecule has 1 aliphatic heterocycles. The number of likely N-dealkylation sites (tertiary alicyclic amines) is 1. The van der Waals surface area contributed by atoms with Crippen molar-refractivity contribution in [3.63, 3.8) is 0 Å². The minimum Gasteiger partial charge on any atom is -0.393 e. The van der Waals surface area contributed by atoms with Gasteiger partial charge in [0.2, 0.25) is 0 Å². The summed E-state index contributed by atoms with van der Waals surface area (Å²) >= 11 is 0. The van der Waals surface area contributed by atoms with Crippen molar-refractivity contribution in [3.8, 4) is 0 Å². The van der Waals surface area contributed by atoms with Gasteiger partial charge in [0.15, 0.2) is 0 Å². The lowest BCUT2D eigenvalue weighted by Crippen LogP contribution is -2.38. The smallest absolute Gasteiger partial charge is 0.0541 e. The zero-order chi connectivity index (χ0) is 14.4. The molecule has 112 valence electrons. The predicted molar refractivity (Wildman–Crippen MR) is 83.7 cm³/mol. The second-order valence-electron chi connectivity index (χ2n) is 5.96. The van der Waals surface area contributed by atoms with Gasteiger partial charge in [-0.1, -0.05) is 30.3 Å². The average molecular weight is 276 g/mol. The zero-order valence-electron chi connectivity index (χ0n) is 12.8. The van der Waals surface area contributed by atoms with Gasteiger partial charge in [-0.2, -0.15) is 0 Å². The van der Waals surface area contributed by atoms with Gasteiger partial charge in [-0.15, -0.1) is 0 Å². The molecule has 1 aliphatic rings. The van der Waals surface area contributed by atoms with E-state index in [9.17, 15) is 5.11 Å². The highest BCUT2D eigenvalue weighted by Gasteiger charge is 2.22. The SMILES string of the molecule is CNC(CCN1CCC(C(C)O)CC1)c1ccccc1. The second-order valence-corrected chi connectivity index (χ2v) is 5.96. The summed E-state index contributed by atoms with van der Waals surface area (Å²) in [6.07, 6.45) is 3.26. The number of nitrogens with zero attached hydrogens (tertiary/aromatic N) is 1. The molecule has 0 amide bonds. The summed E-state index contributed by atoms with van der Waals surface area (Å²) in [7, 11) is 2.04. The first-order valence-corrected chi connectivity index (χ1v) is 7.83. The Morgan fingerprint density at radius 2 is 1.90 bits per heavy atom. The van der Waals surface area contributed by atoms with Crippen molar-refractivity contribution < 1.29 is 5.11 Å². The number of aliphatic hydroxyl groups is 1. The highest BCUT2D eigenvalue weighted by Crippen LogP contribution is 2.22. The number of benzene rings is 1. The first-order chi connectivity index (χ1) is 9.70. The van der Waals surface area contributed by atoms with Crippen LogP contribution in [0.5, 0.6) is 0 Å². The summed E-state index contributed by atoms with van der Waals surface area (Å²) in [5, 5.41) is 13.1. The molecule has 1 fully saturated rings. The van der Waals surface area contributed by atoms with Gasteiger partial charge in [-0.05, 0) is 64.3 Å². The lowest BCUT2D eigenvalue weighted by molar-refractivity contribution is 0.0706. The summed E-state index contributed by atoms with van der Waals surface area (Å²) < 4.78 is 0. The van der Waals surface area contributed by atoms with Crippen molar-refractivity contribution in [1.82, 2.24) is 10.2 Å². The second kappa shape index (κ2) is 7.77. The number of rotatable bonds is 6. The number of hydrogen-bond acceptors (Lipinski definition) is 3. The van der Waals surface area contributed by atoms with Crippen LogP contribution < -0.4 is 5.32 Å². The largest absolute Gasteiger partial charge is 0.393 e. The maximum Gasteiger partial charge on any atom is 0.0541 e. The summed E-state index contributed by atoms with van der Waals surface area (Å²) in [4.78, 5) is 2.53. The normalized spacial score (nSPS) is 20.8. The molecular formula is C17H28N2O. The van der Waals surface area contributed by atoms with E-state index in [0.717, 1.165) is 38.9 Å². The highest BCUT2D eigenvalue weighted by atomic mass is 16.3. The number of aliphatic hydroxyl groups excluding tert-OH is 1. The van der Waals surface area contributed by atoms with Crippen molar-refractivity contribution in [3.05, 3.63) is 35.9 Å². The minimum absolute atomic E-state index is 0.147. The lowest BCUT2D eigenvalue weighted by atomic mass is 9.92. The standard InChI is InChI=1S/C17H28N2O/c1-14(20)15-8-11-19(12-9-15)13-10-17(18-2)16-6-4-3-5-7-16/h3-7,14-15,17-18,20H,8-13H2,1-2H3. The molecular weight excluding hydrogens is 248 g/mol. The Kier molecular flexibility index (Phi) is 6.02. The fraction of sp³-hybridized carbons (Fsp3) is 0.647. The van der Waals surface area contributed by atoms with Crippen LogP contribution in [0.3, 0.4) is 0 Å². The van der Waals surface area contributed by atoms with Crippen molar-refractivity contribution in [1.29, 1.82) is 0 Å². The Labute approximate surface area is 123 Å². The fourth-order valence-electron chi connectivity index (χ4n) is 3.13. The zero-order valence-corrected chi connectivity index (χ0v) is 12.8. The molecule has 1 saturated heterocycles. The maximum atomic E-state index is 9.64.